The van der Waals surface area contributed by atoms with Gasteiger partial charge in [0.05, 0.1) is 16.9 Å². The monoisotopic (exact) mass is 519 g/mol. The Hall–Kier alpha value is -2.90. The van der Waals surface area contributed by atoms with Crippen LogP contribution in [0.1, 0.15) is 81.9 Å². The van der Waals surface area contributed by atoms with Crippen molar-refractivity contribution in [3.8, 4) is 0 Å². The van der Waals surface area contributed by atoms with Crippen molar-refractivity contribution in [3.63, 3.8) is 0 Å². The molecular formula is C29H33F4NO3. The summed E-state index contributed by atoms with van der Waals surface area (Å²) in [4.78, 5) is 26.2. The van der Waals surface area contributed by atoms with Gasteiger partial charge in [-0.1, -0.05) is 31.0 Å². The fourth-order valence-corrected chi connectivity index (χ4v) is 5.24. The summed E-state index contributed by atoms with van der Waals surface area (Å²) in [5.41, 5.74) is -0.825. The predicted molar refractivity (Wildman–Crippen MR) is 132 cm³/mol. The van der Waals surface area contributed by atoms with Gasteiger partial charge >= 0.3 is 12.1 Å². The number of hydrogen-bond donors (Lipinski definition) is 1. The minimum Gasteiger partial charge on any atom is -0.460 e. The highest BCUT2D eigenvalue weighted by Gasteiger charge is 2.52. The van der Waals surface area contributed by atoms with Crippen molar-refractivity contribution in [2.24, 2.45) is 11.3 Å². The highest BCUT2D eigenvalue weighted by molar-refractivity contribution is 5.96. The lowest BCUT2D eigenvalue weighted by Gasteiger charge is -2.25. The van der Waals surface area contributed by atoms with Gasteiger partial charge in [-0.15, -0.1) is 0 Å². The van der Waals surface area contributed by atoms with E-state index in [1.54, 1.807) is 18.2 Å². The SMILES string of the molecule is CC(C)(C)OC(=O)C1(Cc2cccc(NC(=O)C(c3ccc(C(F)(F)F)c(F)c3)C3CCCC3)c2)CC1. The zero-order valence-electron chi connectivity index (χ0n) is 21.4. The molecule has 2 aromatic carbocycles. The van der Waals surface area contributed by atoms with Crippen LogP contribution in [0.2, 0.25) is 0 Å². The van der Waals surface area contributed by atoms with Crippen molar-refractivity contribution in [1.82, 2.24) is 0 Å². The Kier molecular flexibility index (Phi) is 7.41. The van der Waals surface area contributed by atoms with E-state index in [1.807, 2.05) is 26.8 Å². The van der Waals surface area contributed by atoms with Crippen LogP contribution < -0.4 is 5.32 Å². The van der Waals surface area contributed by atoms with E-state index in [4.69, 9.17) is 4.74 Å². The zero-order valence-corrected chi connectivity index (χ0v) is 21.4. The smallest absolute Gasteiger partial charge is 0.419 e. The molecule has 0 bridgehead atoms. The van der Waals surface area contributed by atoms with Crippen LogP contribution in [0.4, 0.5) is 23.2 Å². The first-order valence-electron chi connectivity index (χ1n) is 12.8. The number of amides is 1. The average Bonchev–Trinajstić information content (AvgIpc) is 3.36. The van der Waals surface area contributed by atoms with E-state index in [2.05, 4.69) is 5.32 Å². The van der Waals surface area contributed by atoms with E-state index < -0.39 is 34.5 Å². The van der Waals surface area contributed by atoms with Crippen LogP contribution in [0.3, 0.4) is 0 Å². The summed E-state index contributed by atoms with van der Waals surface area (Å²) in [6, 6.07) is 9.99. The van der Waals surface area contributed by atoms with Gasteiger partial charge in [-0.25, -0.2) is 4.39 Å². The molecule has 8 heteroatoms. The summed E-state index contributed by atoms with van der Waals surface area (Å²) in [5.74, 6) is -2.82. The lowest BCUT2D eigenvalue weighted by molar-refractivity contribution is -0.161. The molecule has 2 fully saturated rings. The van der Waals surface area contributed by atoms with Gasteiger partial charge in [0.25, 0.3) is 0 Å². The Morgan fingerprint density at radius 3 is 2.30 bits per heavy atom. The summed E-state index contributed by atoms with van der Waals surface area (Å²) in [6.07, 6.45) is 0.496. The second-order valence-corrected chi connectivity index (χ2v) is 11.4. The maximum atomic E-state index is 14.4. The third-order valence-electron chi connectivity index (χ3n) is 7.23. The molecule has 1 N–H and O–H groups in total. The van der Waals surface area contributed by atoms with E-state index in [0.717, 1.165) is 50.2 Å². The number of anilines is 1. The number of rotatable bonds is 7. The second kappa shape index (κ2) is 10.1. The van der Waals surface area contributed by atoms with Crippen LogP contribution in [0.5, 0.6) is 0 Å². The van der Waals surface area contributed by atoms with E-state index in [9.17, 15) is 27.2 Å². The highest BCUT2D eigenvalue weighted by Crippen LogP contribution is 2.50. The van der Waals surface area contributed by atoms with Crippen LogP contribution in [0.25, 0.3) is 0 Å². The van der Waals surface area contributed by atoms with Gasteiger partial charge < -0.3 is 10.1 Å². The quantitative estimate of drug-likeness (QED) is 0.306. The Bertz CT molecular complexity index is 1160. The van der Waals surface area contributed by atoms with Crippen molar-refractivity contribution in [1.29, 1.82) is 0 Å². The van der Waals surface area contributed by atoms with Crippen molar-refractivity contribution >= 4 is 17.6 Å². The summed E-state index contributed by atoms with van der Waals surface area (Å²) in [7, 11) is 0. The third kappa shape index (κ3) is 6.51. The van der Waals surface area contributed by atoms with Gasteiger partial charge in [0.1, 0.15) is 11.4 Å². The fourth-order valence-electron chi connectivity index (χ4n) is 5.24. The molecule has 2 saturated carbocycles. The van der Waals surface area contributed by atoms with Crippen LogP contribution in [-0.4, -0.2) is 17.5 Å². The number of carbonyl (C=O) groups is 2. The van der Waals surface area contributed by atoms with Gasteiger partial charge in [0.15, 0.2) is 0 Å². The molecule has 0 aliphatic heterocycles. The van der Waals surface area contributed by atoms with E-state index >= 15 is 0 Å². The first-order chi connectivity index (χ1) is 17.3. The van der Waals surface area contributed by atoms with Crippen LogP contribution in [-0.2, 0) is 26.9 Å². The standard InChI is InChI=1S/C29H33F4NO3/c1-27(2,3)37-26(36)28(13-14-28)17-18-7-6-10-21(15-18)34-25(35)24(19-8-4-5-9-19)20-11-12-22(23(30)16-20)29(31,32)33/h6-7,10-12,15-16,19,24H,4-5,8-9,13-14,17H2,1-3H3,(H,34,35). The summed E-state index contributed by atoms with van der Waals surface area (Å²) >= 11 is 0. The zero-order chi connectivity index (χ0) is 27.0. The summed E-state index contributed by atoms with van der Waals surface area (Å²) < 4.78 is 59.2. The molecule has 200 valence electrons. The fraction of sp³-hybridized carbons (Fsp3) is 0.517. The molecule has 1 amide bonds. The van der Waals surface area contributed by atoms with Gasteiger partial charge in [0, 0.05) is 5.69 Å². The Morgan fingerprint density at radius 2 is 1.73 bits per heavy atom. The Labute approximate surface area is 214 Å². The molecule has 1 unspecified atom stereocenters. The van der Waals surface area contributed by atoms with Gasteiger partial charge in [0.2, 0.25) is 5.91 Å². The first-order valence-corrected chi connectivity index (χ1v) is 12.8. The summed E-state index contributed by atoms with van der Waals surface area (Å²) in [5, 5.41) is 2.90. The largest absolute Gasteiger partial charge is 0.460 e. The molecule has 0 radical (unpaired) electrons. The number of alkyl halides is 3. The van der Waals surface area contributed by atoms with E-state index in [1.165, 1.54) is 6.07 Å². The van der Waals surface area contributed by atoms with E-state index in [0.29, 0.717) is 18.2 Å². The molecule has 0 heterocycles. The van der Waals surface area contributed by atoms with Crippen molar-refractivity contribution < 1.29 is 31.9 Å². The molecule has 1 atom stereocenters. The highest BCUT2D eigenvalue weighted by atomic mass is 19.4. The minimum atomic E-state index is -4.80. The van der Waals surface area contributed by atoms with Gasteiger partial charge in [-0.3, -0.25) is 9.59 Å². The third-order valence-corrected chi connectivity index (χ3v) is 7.23. The minimum absolute atomic E-state index is 0.0822. The molecule has 0 aromatic heterocycles. The molecule has 2 aliphatic carbocycles. The van der Waals surface area contributed by atoms with Crippen molar-refractivity contribution in [2.75, 3.05) is 5.32 Å². The van der Waals surface area contributed by atoms with Crippen LogP contribution in [0, 0.1) is 17.2 Å². The molecule has 0 spiro atoms. The van der Waals surface area contributed by atoms with Crippen LogP contribution in [0.15, 0.2) is 42.5 Å². The van der Waals surface area contributed by atoms with E-state index in [-0.39, 0.29) is 23.4 Å². The molecule has 2 aliphatic rings. The van der Waals surface area contributed by atoms with Crippen molar-refractivity contribution in [2.45, 2.75) is 83.4 Å². The maximum Gasteiger partial charge on any atom is 0.419 e. The normalized spacial score (nSPS) is 18.4. The number of ether oxygens (including phenoxy) is 1. The first kappa shape index (κ1) is 27.1. The Morgan fingerprint density at radius 1 is 1.05 bits per heavy atom. The molecule has 37 heavy (non-hydrogen) atoms. The molecule has 2 aromatic rings. The van der Waals surface area contributed by atoms with Crippen LogP contribution >= 0.6 is 0 Å². The number of carbonyl (C=O) groups excluding carboxylic acids is 2. The number of halogens is 4. The van der Waals surface area contributed by atoms with Gasteiger partial charge in [-0.2, -0.15) is 13.2 Å². The van der Waals surface area contributed by atoms with Gasteiger partial charge in [-0.05, 0) is 94.2 Å². The topological polar surface area (TPSA) is 55.4 Å². The lowest BCUT2D eigenvalue weighted by Crippen LogP contribution is -2.30. The molecule has 4 nitrogen and oxygen atoms in total. The number of hydrogen-bond acceptors (Lipinski definition) is 3. The number of esters is 1. The molecule has 0 saturated heterocycles. The number of nitrogens with one attached hydrogen (secondary N) is 1. The molecular weight excluding hydrogens is 486 g/mol. The van der Waals surface area contributed by atoms with Crippen molar-refractivity contribution in [3.05, 3.63) is 65.0 Å². The Balaban J connectivity index is 1.53. The average molecular weight is 520 g/mol. The number of benzene rings is 2. The maximum absolute atomic E-state index is 14.4. The predicted octanol–water partition coefficient (Wildman–Crippen LogP) is 7.42. The lowest BCUT2D eigenvalue weighted by atomic mass is 9.83. The second-order valence-electron chi connectivity index (χ2n) is 11.4. The molecule has 4 rings (SSSR count). The summed E-state index contributed by atoms with van der Waals surface area (Å²) in [6.45, 7) is 5.50.